The molecule has 0 radical (unpaired) electrons. The molecule has 16 heavy (non-hydrogen) atoms. The standard InChI is InChI=1S/C14H18N2/c1-4-7-8-11-15-14-13(5-2)10-9-12-16(14)6-3/h3,5,9-10,12H,2,4,7-8,11H2,1H3. The molecule has 1 aromatic heterocycles. The average molecular weight is 214 g/mol. The van der Waals surface area contributed by atoms with Crippen molar-refractivity contribution in [2.24, 2.45) is 4.99 Å². The van der Waals surface area contributed by atoms with E-state index in [9.17, 15) is 0 Å². The zero-order valence-corrected chi connectivity index (χ0v) is 9.82. The number of nitrogens with zero attached hydrogens (tertiary/aromatic N) is 2. The van der Waals surface area contributed by atoms with Crippen molar-refractivity contribution in [1.29, 1.82) is 0 Å². The summed E-state index contributed by atoms with van der Waals surface area (Å²) in [4.78, 5) is 4.53. The first-order chi connectivity index (χ1) is 7.83. The van der Waals surface area contributed by atoms with Crippen molar-refractivity contribution in [3.05, 3.63) is 36.0 Å². The van der Waals surface area contributed by atoms with Gasteiger partial charge in [-0.1, -0.05) is 38.8 Å². The number of rotatable bonds is 5. The van der Waals surface area contributed by atoms with Crippen molar-refractivity contribution in [1.82, 2.24) is 4.57 Å². The van der Waals surface area contributed by atoms with Crippen molar-refractivity contribution in [2.45, 2.75) is 26.2 Å². The van der Waals surface area contributed by atoms with Crippen molar-refractivity contribution in [2.75, 3.05) is 6.54 Å². The third-order valence-corrected chi connectivity index (χ3v) is 2.38. The molecule has 1 heterocycles. The van der Waals surface area contributed by atoms with Crippen LogP contribution in [0.2, 0.25) is 0 Å². The van der Waals surface area contributed by atoms with Gasteiger partial charge in [-0.2, -0.15) is 0 Å². The second-order valence-corrected chi connectivity index (χ2v) is 3.58. The Morgan fingerprint density at radius 3 is 3.00 bits per heavy atom. The number of hydrogen-bond donors (Lipinski definition) is 0. The van der Waals surface area contributed by atoms with Crippen LogP contribution < -0.4 is 5.49 Å². The third kappa shape index (κ3) is 3.13. The Kier molecular flexibility index (Phi) is 5.15. The molecule has 0 saturated carbocycles. The maximum absolute atomic E-state index is 5.42. The van der Waals surface area contributed by atoms with Gasteiger partial charge in [0.15, 0.2) is 0 Å². The molecule has 0 atom stereocenters. The van der Waals surface area contributed by atoms with Gasteiger partial charge in [-0.15, -0.1) is 0 Å². The lowest BCUT2D eigenvalue weighted by Gasteiger charge is -2.02. The van der Waals surface area contributed by atoms with E-state index >= 15 is 0 Å². The van der Waals surface area contributed by atoms with Crippen LogP contribution in [0.15, 0.2) is 29.9 Å². The summed E-state index contributed by atoms with van der Waals surface area (Å²) in [5.41, 5.74) is 1.81. The van der Waals surface area contributed by atoms with Gasteiger partial charge >= 0.3 is 0 Å². The van der Waals surface area contributed by atoms with Gasteiger partial charge in [-0.25, -0.2) is 0 Å². The quantitative estimate of drug-likeness (QED) is 0.529. The Labute approximate surface area is 97.4 Å². The first-order valence-corrected chi connectivity index (χ1v) is 5.64. The molecule has 2 heteroatoms. The van der Waals surface area contributed by atoms with Crippen LogP contribution in [0.5, 0.6) is 0 Å². The smallest absolute Gasteiger partial charge is 0.146 e. The zero-order valence-electron chi connectivity index (χ0n) is 9.82. The molecular weight excluding hydrogens is 196 g/mol. The van der Waals surface area contributed by atoms with Gasteiger partial charge in [0.1, 0.15) is 5.49 Å². The highest BCUT2D eigenvalue weighted by molar-refractivity contribution is 5.44. The molecule has 0 aromatic carbocycles. The second kappa shape index (κ2) is 6.68. The normalized spacial score (nSPS) is 11.1. The molecule has 2 nitrogen and oxygen atoms in total. The molecule has 0 unspecified atom stereocenters. The lowest BCUT2D eigenvalue weighted by atomic mass is 10.2. The van der Waals surface area contributed by atoms with E-state index in [-0.39, 0.29) is 0 Å². The van der Waals surface area contributed by atoms with E-state index in [1.165, 1.54) is 12.8 Å². The fraction of sp³-hybridized carbons (Fsp3) is 0.357. The van der Waals surface area contributed by atoms with Gasteiger partial charge < -0.3 is 0 Å². The van der Waals surface area contributed by atoms with Crippen LogP contribution >= 0.6 is 0 Å². The highest BCUT2D eigenvalue weighted by atomic mass is 15.0. The fourth-order valence-corrected chi connectivity index (χ4v) is 1.49. The van der Waals surface area contributed by atoms with Crippen LogP contribution in [0.4, 0.5) is 0 Å². The lowest BCUT2D eigenvalue weighted by molar-refractivity contribution is 0.713. The largest absolute Gasteiger partial charge is 0.267 e. The number of pyridine rings is 1. The average Bonchev–Trinajstić information content (AvgIpc) is 2.34. The number of hydrogen-bond acceptors (Lipinski definition) is 1. The molecule has 0 N–H and O–H groups in total. The first kappa shape index (κ1) is 12.3. The minimum atomic E-state index is 0.820. The molecule has 0 amide bonds. The van der Waals surface area contributed by atoms with E-state index in [4.69, 9.17) is 6.42 Å². The van der Waals surface area contributed by atoms with Gasteiger partial charge in [0, 0.05) is 24.3 Å². The Morgan fingerprint density at radius 1 is 1.56 bits per heavy atom. The summed E-state index contributed by atoms with van der Waals surface area (Å²) in [6, 6.07) is 6.46. The Bertz CT molecular complexity index is 447. The zero-order chi connectivity index (χ0) is 11.8. The summed E-state index contributed by atoms with van der Waals surface area (Å²) < 4.78 is 1.70. The number of terminal acetylenes is 1. The minimum Gasteiger partial charge on any atom is -0.267 e. The Morgan fingerprint density at radius 2 is 2.38 bits per heavy atom. The topological polar surface area (TPSA) is 17.3 Å². The molecule has 0 fully saturated rings. The summed E-state index contributed by atoms with van der Waals surface area (Å²) in [6.45, 7) is 6.77. The van der Waals surface area contributed by atoms with Gasteiger partial charge in [0.25, 0.3) is 0 Å². The summed E-state index contributed by atoms with van der Waals surface area (Å²) in [5.74, 6) is 0. The number of aromatic nitrogens is 1. The highest BCUT2D eigenvalue weighted by Gasteiger charge is 1.95. The predicted molar refractivity (Wildman–Crippen MR) is 68.7 cm³/mol. The first-order valence-electron chi connectivity index (χ1n) is 5.64. The van der Waals surface area contributed by atoms with E-state index in [0.29, 0.717) is 0 Å². The monoisotopic (exact) mass is 214 g/mol. The summed E-state index contributed by atoms with van der Waals surface area (Å²) >= 11 is 0. The maximum Gasteiger partial charge on any atom is 0.146 e. The molecule has 0 spiro atoms. The Hall–Kier alpha value is -1.75. The molecular formula is C14H18N2. The summed E-state index contributed by atoms with van der Waals surface area (Å²) in [6.07, 6.45) is 12.6. The van der Waals surface area contributed by atoms with E-state index < -0.39 is 0 Å². The SMILES string of the molecule is C#Cn1cccc(C=C)c1=NCCCCC. The van der Waals surface area contributed by atoms with Gasteiger partial charge in [-0.05, 0) is 18.6 Å². The molecule has 0 aliphatic heterocycles. The van der Waals surface area contributed by atoms with E-state index in [1.54, 1.807) is 10.6 Å². The van der Waals surface area contributed by atoms with Crippen molar-refractivity contribution in [3.63, 3.8) is 0 Å². The third-order valence-electron chi connectivity index (χ3n) is 2.38. The minimum absolute atomic E-state index is 0.820. The van der Waals surface area contributed by atoms with Crippen LogP contribution in [-0.4, -0.2) is 11.1 Å². The van der Waals surface area contributed by atoms with Crippen LogP contribution in [0.3, 0.4) is 0 Å². The van der Waals surface area contributed by atoms with E-state index in [0.717, 1.165) is 24.0 Å². The fourth-order valence-electron chi connectivity index (χ4n) is 1.49. The van der Waals surface area contributed by atoms with Crippen LogP contribution in [0, 0.1) is 12.5 Å². The summed E-state index contributed by atoms with van der Waals surface area (Å²) in [7, 11) is 0. The van der Waals surface area contributed by atoms with Crippen molar-refractivity contribution >= 4 is 6.08 Å². The van der Waals surface area contributed by atoms with Gasteiger partial charge in [0.05, 0.1) is 0 Å². The van der Waals surface area contributed by atoms with Crippen molar-refractivity contribution in [3.8, 4) is 12.5 Å². The molecule has 1 aromatic rings. The van der Waals surface area contributed by atoms with Crippen LogP contribution in [0.1, 0.15) is 31.7 Å². The van der Waals surface area contributed by atoms with E-state index in [1.807, 2.05) is 18.3 Å². The van der Waals surface area contributed by atoms with Crippen LogP contribution in [-0.2, 0) is 0 Å². The Balaban J connectivity index is 3.00. The molecule has 84 valence electrons. The number of unbranched alkanes of at least 4 members (excludes halogenated alkanes) is 2. The second-order valence-electron chi connectivity index (χ2n) is 3.58. The van der Waals surface area contributed by atoms with Crippen LogP contribution in [0.25, 0.3) is 6.08 Å². The maximum atomic E-state index is 5.42. The molecule has 0 saturated heterocycles. The lowest BCUT2D eigenvalue weighted by Crippen LogP contribution is -2.20. The molecule has 1 rings (SSSR count). The predicted octanol–water partition coefficient (Wildman–Crippen LogP) is 2.66. The molecule has 0 aliphatic rings. The summed E-state index contributed by atoms with van der Waals surface area (Å²) in [5, 5.41) is 0. The van der Waals surface area contributed by atoms with Gasteiger partial charge in [0.2, 0.25) is 0 Å². The highest BCUT2D eigenvalue weighted by Crippen LogP contribution is 1.96. The van der Waals surface area contributed by atoms with Crippen molar-refractivity contribution < 1.29 is 0 Å². The molecule has 0 bridgehead atoms. The molecule has 0 aliphatic carbocycles. The van der Waals surface area contributed by atoms with Gasteiger partial charge in [-0.3, -0.25) is 9.56 Å². The van der Waals surface area contributed by atoms with E-state index in [2.05, 4.69) is 24.5 Å².